The van der Waals surface area contributed by atoms with Gasteiger partial charge in [-0.25, -0.2) is 0 Å². The lowest BCUT2D eigenvalue weighted by Gasteiger charge is -2.25. The quantitative estimate of drug-likeness (QED) is 0.813. The number of aromatic nitrogens is 2. The average molecular weight is 359 g/mol. The van der Waals surface area contributed by atoms with Crippen LogP contribution in [-0.4, -0.2) is 34.8 Å². The van der Waals surface area contributed by atoms with Gasteiger partial charge in [0.25, 0.3) is 0 Å². The van der Waals surface area contributed by atoms with Crippen molar-refractivity contribution in [1.29, 1.82) is 0 Å². The highest BCUT2D eigenvalue weighted by Gasteiger charge is 2.33. The van der Waals surface area contributed by atoms with Crippen LogP contribution in [0.3, 0.4) is 0 Å². The monoisotopic (exact) mass is 358 g/mol. The van der Waals surface area contributed by atoms with Crippen molar-refractivity contribution in [3.8, 4) is 0 Å². The molecule has 1 unspecified atom stereocenters. The summed E-state index contributed by atoms with van der Waals surface area (Å²) in [5, 5.41) is 14.5. The highest BCUT2D eigenvalue weighted by atomic mass is 79.9. The minimum Gasteiger partial charge on any atom is -0.384 e. The van der Waals surface area contributed by atoms with E-state index in [0.29, 0.717) is 23.3 Å². The van der Waals surface area contributed by atoms with E-state index >= 15 is 0 Å². The Balaban J connectivity index is 2.77. The van der Waals surface area contributed by atoms with E-state index in [0.717, 1.165) is 0 Å². The molecule has 0 aliphatic rings. The molecule has 0 aliphatic heterocycles. The minimum atomic E-state index is -4.20. The van der Waals surface area contributed by atoms with Gasteiger partial charge in [-0.05, 0) is 35.7 Å². The molecule has 1 aromatic heterocycles. The van der Waals surface area contributed by atoms with Crippen molar-refractivity contribution in [2.45, 2.75) is 44.5 Å². The molecule has 1 rings (SSSR count). The number of rotatable bonds is 7. The Kier molecular flexibility index (Phi) is 6.03. The van der Waals surface area contributed by atoms with Crippen molar-refractivity contribution in [1.82, 2.24) is 9.78 Å². The standard InChI is InChI=1S/C12H18BrF3N2O2/c1-11(19,4-3-5-12(14,15)16)10-9(13)8-17-18(10)6-7-20-2/h8,19H,3-7H2,1-2H3. The molecule has 1 heterocycles. The van der Waals surface area contributed by atoms with Gasteiger partial charge in [-0.1, -0.05) is 0 Å². The number of ether oxygens (including phenoxy) is 1. The highest BCUT2D eigenvalue weighted by molar-refractivity contribution is 9.10. The van der Waals surface area contributed by atoms with E-state index in [1.165, 1.54) is 13.1 Å². The van der Waals surface area contributed by atoms with Gasteiger partial charge >= 0.3 is 6.18 Å². The molecule has 0 saturated carbocycles. The molecule has 1 N–H and O–H groups in total. The summed E-state index contributed by atoms with van der Waals surface area (Å²) in [6.45, 7) is 2.32. The second-order valence-electron chi connectivity index (χ2n) is 4.80. The van der Waals surface area contributed by atoms with Crippen LogP contribution in [-0.2, 0) is 16.9 Å². The van der Waals surface area contributed by atoms with Gasteiger partial charge in [0.15, 0.2) is 0 Å². The first-order valence-corrected chi connectivity index (χ1v) is 6.96. The predicted octanol–water partition coefficient (Wildman–Crippen LogP) is 3.23. The third-order valence-electron chi connectivity index (χ3n) is 2.94. The SMILES string of the molecule is COCCn1ncc(Br)c1C(C)(O)CCCC(F)(F)F. The van der Waals surface area contributed by atoms with Gasteiger partial charge in [-0.15, -0.1) is 0 Å². The van der Waals surface area contributed by atoms with E-state index in [1.807, 2.05) is 0 Å². The summed E-state index contributed by atoms with van der Waals surface area (Å²) in [4.78, 5) is 0. The Morgan fingerprint density at radius 2 is 2.05 bits per heavy atom. The Morgan fingerprint density at radius 3 is 2.60 bits per heavy atom. The molecule has 1 atom stereocenters. The minimum absolute atomic E-state index is 0.00376. The van der Waals surface area contributed by atoms with Crippen LogP contribution in [0.1, 0.15) is 31.9 Å². The first-order chi connectivity index (χ1) is 9.17. The molecule has 0 bridgehead atoms. The van der Waals surface area contributed by atoms with E-state index in [1.54, 1.807) is 11.8 Å². The van der Waals surface area contributed by atoms with E-state index in [9.17, 15) is 18.3 Å². The fourth-order valence-electron chi connectivity index (χ4n) is 2.00. The average Bonchev–Trinajstić information content (AvgIpc) is 2.66. The van der Waals surface area contributed by atoms with Crippen molar-refractivity contribution in [3.05, 3.63) is 16.4 Å². The molecule has 0 saturated heterocycles. The predicted molar refractivity (Wildman–Crippen MR) is 71.3 cm³/mol. The van der Waals surface area contributed by atoms with Crippen LogP contribution in [0, 0.1) is 0 Å². The highest BCUT2D eigenvalue weighted by Crippen LogP contribution is 2.34. The van der Waals surface area contributed by atoms with Crippen molar-refractivity contribution in [2.24, 2.45) is 0 Å². The lowest BCUT2D eigenvalue weighted by molar-refractivity contribution is -0.138. The number of aliphatic hydroxyl groups is 1. The topological polar surface area (TPSA) is 47.3 Å². The Morgan fingerprint density at radius 1 is 1.40 bits per heavy atom. The zero-order chi connectivity index (χ0) is 15.4. The summed E-state index contributed by atoms with van der Waals surface area (Å²) in [5.41, 5.74) is -0.911. The maximum Gasteiger partial charge on any atom is 0.389 e. The maximum atomic E-state index is 12.2. The Hall–Kier alpha value is -0.600. The molecule has 0 spiro atoms. The van der Waals surface area contributed by atoms with E-state index in [4.69, 9.17) is 4.74 Å². The zero-order valence-corrected chi connectivity index (χ0v) is 13.0. The van der Waals surface area contributed by atoms with Gasteiger partial charge in [-0.3, -0.25) is 4.68 Å². The second kappa shape index (κ2) is 6.91. The van der Waals surface area contributed by atoms with Gasteiger partial charge in [0.2, 0.25) is 0 Å². The smallest absolute Gasteiger partial charge is 0.384 e. The fourth-order valence-corrected chi connectivity index (χ4v) is 2.72. The summed E-state index contributed by atoms with van der Waals surface area (Å²) in [6.07, 6.45) is -3.73. The van der Waals surface area contributed by atoms with E-state index < -0.39 is 18.2 Å². The van der Waals surface area contributed by atoms with Crippen LogP contribution in [0.25, 0.3) is 0 Å². The van der Waals surface area contributed by atoms with Gasteiger partial charge in [-0.2, -0.15) is 18.3 Å². The number of hydrogen-bond acceptors (Lipinski definition) is 3. The Labute approximate surface area is 124 Å². The molecular weight excluding hydrogens is 341 g/mol. The third-order valence-corrected chi connectivity index (χ3v) is 3.52. The van der Waals surface area contributed by atoms with Gasteiger partial charge in [0, 0.05) is 13.5 Å². The molecule has 0 aromatic carbocycles. The summed E-state index contributed by atoms with van der Waals surface area (Å²) < 4.78 is 43.6. The maximum absolute atomic E-state index is 12.2. The van der Waals surface area contributed by atoms with Crippen molar-refractivity contribution < 1.29 is 23.0 Å². The summed E-state index contributed by atoms with van der Waals surface area (Å²) in [7, 11) is 1.54. The van der Waals surface area contributed by atoms with Crippen LogP contribution in [0.2, 0.25) is 0 Å². The number of hydrogen-bond donors (Lipinski definition) is 1. The summed E-state index contributed by atoms with van der Waals surface area (Å²) in [6, 6.07) is 0. The molecule has 0 aliphatic carbocycles. The normalized spacial score (nSPS) is 15.3. The zero-order valence-electron chi connectivity index (χ0n) is 11.4. The van der Waals surface area contributed by atoms with Crippen LogP contribution in [0.5, 0.6) is 0 Å². The third kappa shape index (κ3) is 5.06. The van der Waals surface area contributed by atoms with Crippen molar-refractivity contribution in [3.63, 3.8) is 0 Å². The first-order valence-electron chi connectivity index (χ1n) is 6.17. The van der Waals surface area contributed by atoms with Crippen LogP contribution >= 0.6 is 15.9 Å². The van der Waals surface area contributed by atoms with E-state index in [2.05, 4.69) is 21.0 Å². The van der Waals surface area contributed by atoms with Crippen LogP contribution < -0.4 is 0 Å². The number of halogens is 4. The summed E-state index contributed by atoms with van der Waals surface area (Å²) >= 11 is 3.27. The number of nitrogens with zero attached hydrogens (tertiary/aromatic N) is 2. The van der Waals surface area contributed by atoms with Crippen molar-refractivity contribution >= 4 is 15.9 Å². The van der Waals surface area contributed by atoms with Crippen molar-refractivity contribution in [2.75, 3.05) is 13.7 Å². The molecule has 116 valence electrons. The molecule has 20 heavy (non-hydrogen) atoms. The van der Waals surface area contributed by atoms with Crippen LogP contribution in [0.4, 0.5) is 13.2 Å². The largest absolute Gasteiger partial charge is 0.389 e. The second-order valence-corrected chi connectivity index (χ2v) is 5.65. The molecule has 0 amide bonds. The van der Waals surface area contributed by atoms with Crippen LogP contribution in [0.15, 0.2) is 10.7 Å². The van der Waals surface area contributed by atoms with Gasteiger partial charge in [0.1, 0.15) is 5.60 Å². The molecule has 0 radical (unpaired) electrons. The molecule has 1 aromatic rings. The molecule has 0 fully saturated rings. The molecular formula is C12H18BrF3N2O2. The lowest BCUT2D eigenvalue weighted by Crippen LogP contribution is -2.27. The summed E-state index contributed by atoms with van der Waals surface area (Å²) in [5.74, 6) is 0. The van der Waals surface area contributed by atoms with E-state index in [-0.39, 0.29) is 12.8 Å². The molecule has 8 heteroatoms. The van der Waals surface area contributed by atoms with Gasteiger partial charge in [0.05, 0.1) is 29.5 Å². The number of methoxy groups -OCH3 is 1. The Bertz CT molecular complexity index is 433. The number of alkyl halides is 3. The fraction of sp³-hybridized carbons (Fsp3) is 0.750. The first kappa shape index (κ1) is 17.5. The molecule has 4 nitrogen and oxygen atoms in total. The lowest BCUT2D eigenvalue weighted by atomic mass is 9.95. The van der Waals surface area contributed by atoms with Gasteiger partial charge < -0.3 is 9.84 Å².